The molecule has 0 saturated carbocycles. The van der Waals surface area contributed by atoms with Crippen molar-refractivity contribution < 1.29 is 18.7 Å². The van der Waals surface area contributed by atoms with Gasteiger partial charge in [-0.25, -0.2) is 4.39 Å². The number of nitrogens with one attached hydrogen (secondary N) is 2. The molecule has 0 aliphatic carbocycles. The van der Waals surface area contributed by atoms with Crippen molar-refractivity contribution in [1.82, 2.24) is 15.4 Å². The second kappa shape index (κ2) is 7.90. The van der Waals surface area contributed by atoms with Gasteiger partial charge in [-0.1, -0.05) is 30.3 Å². The first-order chi connectivity index (χ1) is 13.0. The Morgan fingerprint density at radius 2 is 1.81 bits per heavy atom. The maximum atomic E-state index is 13.6. The summed E-state index contributed by atoms with van der Waals surface area (Å²) >= 11 is 0. The SMILES string of the molecule is CCn1c(C(=O)NNC(=O)C(C)Oc2ccccc2F)cc2ccccc21. The van der Waals surface area contributed by atoms with Crippen molar-refractivity contribution in [2.45, 2.75) is 26.5 Å². The minimum atomic E-state index is -0.987. The Morgan fingerprint density at radius 3 is 2.56 bits per heavy atom. The number of fused-ring (bicyclic) bond motifs is 1. The summed E-state index contributed by atoms with van der Waals surface area (Å²) in [6.45, 7) is 4.01. The van der Waals surface area contributed by atoms with Crippen LogP contribution >= 0.6 is 0 Å². The normalized spacial score (nSPS) is 11.8. The lowest BCUT2D eigenvalue weighted by Gasteiger charge is -2.16. The molecule has 140 valence electrons. The quantitative estimate of drug-likeness (QED) is 0.679. The number of carbonyl (C=O) groups excluding carboxylic acids is 2. The van der Waals surface area contributed by atoms with E-state index in [0.29, 0.717) is 12.2 Å². The van der Waals surface area contributed by atoms with Crippen LogP contribution in [-0.4, -0.2) is 22.5 Å². The molecule has 2 amide bonds. The van der Waals surface area contributed by atoms with Gasteiger partial charge in [0.2, 0.25) is 0 Å². The average molecular weight is 369 g/mol. The zero-order valence-electron chi connectivity index (χ0n) is 15.0. The van der Waals surface area contributed by atoms with Gasteiger partial charge < -0.3 is 9.30 Å². The van der Waals surface area contributed by atoms with Gasteiger partial charge in [-0.3, -0.25) is 20.4 Å². The molecule has 1 unspecified atom stereocenters. The molecule has 1 aromatic heterocycles. The number of rotatable bonds is 5. The molecule has 6 nitrogen and oxygen atoms in total. The Bertz CT molecular complexity index is 984. The Morgan fingerprint density at radius 1 is 1.11 bits per heavy atom. The van der Waals surface area contributed by atoms with Crippen LogP contribution in [0.4, 0.5) is 4.39 Å². The highest BCUT2D eigenvalue weighted by Crippen LogP contribution is 2.20. The van der Waals surface area contributed by atoms with Crippen molar-refractivity contribution in [1.29, 1.82) is 0 Å². The van der Waals surface area contributed by atoms with Gasteiger partial charge in [0.1, 0.15) is 5.69 Å². The van der Waals surface area contributed by atoms with Gasteiger partial charge in [-0.2, -0.15) is 0 Å². The summed E-state index contributed by atoms with van der Waals surface area (Å²) in [4.78, 5) is 24.6. The minimum Gasteiger partial charge on any atom is -0.478 e. The highest BCUT2D eigenvalue weighted by atomic mass is 19.1. The average Bonchev–Trinajstić information content (AvgIpc) is 3.06. The van der Waals surface area contributed by atoms with E-state index < -0.39 is 23.7 Å². The number of hydrazine groups is 1. The first-order valence-electron chi connectivity index (χ1n) is 8.61. The van der Waals surface area contributed by atoms with Gasteiger partial charge >= 0.3 is 0 Å². The Balaban J connectivity index is 1.65. The monoisotopic (exact) mass is 369 g/mol. The van der Waals surface area contributed by atoms with Gasteiger partial charge in [0.15, 0.2) is 17.7 Å². The third kappa shape index (κ3) is 3.92. The van der Waals surface area contributed by atoms with E-state index in [4.69, 9.17) is 4.74 Å². The van der Waals surface area contributed by atoms with E-state index in [1.165, 1.54) is 25.1 Å². The lowest BCUT2D eigenvalue weighted by Crippen LogP contribution is -2.47. The maximum absolute atomic E-state index is 13.6. The lowest BCUT2D eigenvalue weighted by atomic mass is 10.2. The first-order valence-corrected chi connectivity index (χ1v) is 8.61. The third-order valence-corrected chi connectivity index (χ3v) is 4.17. The van der Waals surface area contributed by atoms with E-state index in [2.05, 4.69) is 10.9 Å². The zero-order valence-corrected chi connectivity index (χ0v) is 15.0. The molecule has 27 heavy (non-hydrogen) atoms. The van der Waals surface area contributed by atoms with Gasteiger partial charge in [-0.15, -0.1) is 0 Å². The minimum absolute atomic E-state index is 0.0300. The lowest BCUT2D eigenvalue weighted by molar-refractivity contribution is -0.128. The predicted octanol–water partition coefficient (Wildman–Crippen LogP) is 3.03. The molecule has 0 fully saturated rings. The van der Waals surface area contributed by atoms with Crippen LogP contribution in [0.25, 0.3) is 10.9 Å². The molecular formula is C20H20FN3O3. The van der Waals surface area contributed by atoms with Crippen LogP contribution in [0.1, 0.15) is 24.3 Å². The number of aromatic nitrogens is 1. The summed E-state index contributed by atoms with van der Waals surface area (Å²) in [6, 6.07) is 15.2. The van der Waals surface area contributed by atoms with Crippen molar-refractivity contribution >= 4 is 22.7 Å². The van der Waals surface area contributed by atoms with E-state index in [0.717, 1.165) is 10.9 Å². The fourth-order valence-electron chi connectivity index (χ4n) is 2.81. The molecule has 1 atom stereocenters. The van der Waals surface area contributed by atoms with Gasteiger partial charge in [0.05, 0.1) is 0 Å². The largest absolute Gasteiger partial charge is 0.478 e. The summed E-state index contributed by atoms with van der Waals surface area (Å²) < 4.78 is 20.8. The van der Waals surface area contributed by atoms with E-state index in [9.17, 15) is 14.0 Å². The molecule has 0 bridgehead atoms. The molecule has 0 spiro atoms. The van der Waals surface area contributed by atoms with Crippen LogP contribution in [0.15, 0.2) is 54.6 Å². The van der Waals surface area contributed by atoms with Crippen molar-refractivity contribution in [2.75, 3.05) is 0 Å². The summed E-state index contributed by atoms with van der Waals surface area (Å²) in [5.41, 5.74) is 6.07. The Kier molecular flexibility index (Phi) is 5.40. The number of benzene rings is 2. The molecule has 0 aliphatic rings. The summed E-state index contributed by atoms with van der Waals surface area (Å²) in [7, 11) is 0. The van der Waals surface area contributed by atoms with Crippen LogP contribution in [0.5, 0.6) is 5.75 Å². The number of ether oxygens (including phenoxy) is 1. The van der Waals surface area contributed by atoms with E-state index in [1.54, 1.807) is 12.1 Å². The Labute approximate surface area is 155 Å². The number of nitrogens with zero attached hydrogens (tertiary/aromatic N) is 1. The molecule has 0 saturated heterocycles. The number of halogens is 1. The number of amides is 2. The summed E-state index contributed by atoms with van der Waals surface area (Å²) in [5.74, 6) is -1.63. The molecule has 7 heteroatoms. The number of para-hydroxylation sites is 2. The Hall–Kier alpha value is -3.35. The number of hydrogen-bond acceptors (Lipinski definition) is 3. The topological polar surface area (TPSA) is 72.4 Å². The van der Waals surface area contributed by atoms with Crippen molar-refractivity contribution in [2.24, 2.45) is 0 Å². The molecule has 3 rings (SSSR count). The fourth-order valence-corrected chi connectivity index (χ4v) is 2.81. The smallest absolute Gasteiger partial charge is 0.286 e. The van der Waals surface area contributed by atoms with Crippen LogP contribution in [0.2, 0.25) is 0 Å². The highest BCUT2D eigenvalue weighted by molar-refractivity contribution is 5.99. The van der Waals surface area contributed by atoms with Crippen LogP contribution in [0.3, 0.4) is 0 Å². The van der Waals surface area contributed by atoms with Crippen molar-refractivity contribution in [3.05, 3.63) is 66.1 Å². The second-order valence-electron chi connectivity index (χ2n) is 5.97. The first kappa shape index (κ1) is 18.4. The highest BCUT2D eigenvalue weighted by Gasteiger charge is 2.19. The molecule has 3 aromatic rings. The standard InChI is InChI=1S/C20H20FN3O3/c1-3-24-16-10-6-4-8-14(16)12-17(24)20(26)23-22-19(25)13(2)27-18-11-7-5-9-15(18)21/h4-13H,3H2,1-2H3,(H,22,25)(H,23,26). The van der Waals surface area contributed by atoms with Crippen LogP contribution in [-0.2, 0) is 11.3 Å². The van der Waals surface area contributed by atoms with Crippen molar-refractivity contribution in [3.63, 3.8) is 0 Å². The number of carbonyl (C=O) groups is 2. The molecule has 0 radical (unpaired) electrons. The second-order valence-corrected chi connectivity index (χ2v) is 5.97. The molecule has 2 N–H and O–H groups in total. The van der Waals surface area contributed by atoms with Crippen LogP contribution in [0, 0.1) is 5.82 Å². The summed E-state index contributed by atoms with van der Waals surface area (Å²) in [6.07, 6.45) is -0.987. The van der Waals surface area contributed by atoms with Crippen molar-refractivity contribution in [3.8, 4) is 5.75 Å². The van der Waals surface area contributed by atoms with Gasteiger partial charge in [0.25, 0.3) is 11.8 Å². The number of hydrogen-bond donors (Lipinski definition) is 2. The van der Waals surface area contributed by atoms with E-state index in [-0.39, 0.29) is 5.75 Å². The molecule has 1 heterocycles. The predicted molar refractivity (Wildman–Crippen MR) is 99.7 cm³/mol. The van der Waals surface area contributed by atoms with Crippen LogP contribution < -0.4 is 15.6 Å². The maximum Gasteiger partial charge on any atom is 0.286 e. The molecule has 2 aromatic carbocycles. The van der Waals surface area contributed by atoms with Gasteiger partial charge in [-0.05, 0) is 38.1 Å². The third-order valence-electron chi connectivity index (χ3n) is 4.17. The van der Waals surface area contributed by atoms with E-state index in [1.807, 2.05) is 35.8 Å². The van der Waals surface area contributed by atoms with E-state index >= 15 is 0 Å². The molecule has 0 aliphatic heterocycles. The fraction of sp³-hybridized carbons (Fsp3) is 0.200. The van der Waals surface area contributed by atoms with Gasteiger partial charge in [0, 0.05) is 17.4 Å². The number of aryl methyl sites for hydroxylation is 1. The molecular weight excluding hydrogens is 349 g/mol. The zero-order chi connectivity index (χ0) is 19.4. The summed E-state index contributed by atoms with van der Waals surface area (Å²) in [5, 5.41) is 0.937.